The molecule has 2 aliphatic heterocycles. The first-order chi connectivity index (χ1) is 16.9. The van der Waals surface area contributed by atoms with Crippen LogP contribution in [-0.4, -0.2) is 27.9 Å². The van der Waals surface area contributed by atoms with Gasteiger partial charge in [-0.05, 0) is 24.9 Å². The molecule has 6 rings (SSSR count). The summed E-state index contributed by atoms with van der Waals surface area (Å²) in [5.74, 6) is -2.19. The number of imidazole rings is 1. The number of amides is 1. The Labute approximate surface area is 204 Å². The lowest BCUT2D eigenvalue weighted by molar-refractivity contribution is 0.0539. The molecule has 3 N–H and O–H groups in total. The molecule has 0 spiro atoms. The molecule has 2 aliphatic rings. The van der Waals surface area contributed by atoms with E-state index in [1.165, 1.54) is 29.1 Å². The predicted molar refractivity (Wildman–Crippen MR) is 128 cm³/mol. The number of aromatic nitrogens is 2. The van der Waals surface area contributed by atoms with E-state index in [1.807, 2.05) is 30.3 Å². The normalized spacial score (nSPS) is 21.3. The largest absolute Gasteiger partial charge is 0.480 e. The number of hydrogen-bond acceptors (Lipinski definition) is 4. The van der Waals surface area contributed by atoms with Crippen LogP contribution in [-0.2, 0) is 12.0 Å². The Balaban J connectivity index is 1.63. The number of nitrogens with two attached hydrogens (primary N) is 1. The van der Waals surface area contributed by atoms with Crippen LogP contribution in [0.2, 0.25) is 5.02 Å². The van der Waals surface area contributed by atoms with Crippen LogP contribution >= 0.6 is 11.6 Å². The fourth-order valence-electron chi connectivity index (χ4n) is 5.47. The SMILES string of the molecule is NC(=O)c1cn2ccnc2c(F)c1-c1c(Cl)c(F)cc2c1CC(c1ccccc1)(C1CCCN1)O2. The smallest absolute Gasteiger partial charge is 0.250 e. The number of fused-ring (bicyclic) bond motifs is 2. The van der Waals surface area contributed by atoms with E-state index in [0.29, 0.717) is 12.0 Å². The average Bonchev–Trinajstić information content (AvgIpc) is 3.61. The standard InChI is InChI=1S/C26H21ClF2N4O2/c27-22-17(28)11-18-15(12-26(35-18,19-7-4-8-31-19)14-5-2-1-3-6-14)20(22)21-16(24(30)34)13-33-10-9-32-25(33)23(21)29/h1-3,5-6,9-11,13,19,31H,4,7-8,12H2,(H2,30,34). The van der Waals surface area contributed by atoms with Gasteiger partial charge in [0.1, 0.15) is 11.6 Å². The van der Waals surface area contributed by atoms with Crippen LogP contribution in [0, 0.1) is 11.6 Å². The minimum atomic E-state index is -0.866. The number of carbonyl (C=O) groups excluding carboxylic acids is 1. The van der Waals surface area contributed by atoms with Gasteiger partial charge in [0.15, 0.2) is 17.1 Å². The first kappa shape index (κ1) is 22.0. The molecule has 2 atom stereocenters. The fraction of sp³-hybridized carbons (Fsp3) is 0.231. The van der Waals surface area contributed by atoms with Gasteiger partial charge in [-0.1, -0.05) is 41.9 Å². The maximum absolute atomic E-state index is 15.9. The molecule has 1 saturated heterocycles. The Bertz CT molecular complexity index is 1480. The summed E-state index contributed by atoms with van der Waals surface area (Å²) in [7, 11) is 0. The van der Waals surface area contributed by atoms with E-state index in [4.69, 9.17) is 22.1 Å². The van der Waals surface area contributed by atoms with Crippen molar-refractivity contribution in [3.63, 3.8) is 0 Å². The van der Waals surface area contributed by atoms with Crippen molar-refractivity contribution in [2.75, 3.05) is 6.54 Å². The second-order valence-electron chi connectivity index (χ2n) is 8.96. The summed E-state index contributed by atoms with van der Waals surface area (Å²) in [6.45, 7) is 0.831. The number of carbonyl (C=O) groups is 1. The third-order valence-corrected chi connectivity index (χ3v) is 7.41. The number of pyridine rings is 1. The highest BCUT2D eigenvalue weighted by molar-refractivity contribution is 6.34. The lowest BCUT2D eigenvalue weighted by Crippen LogP contribution is -2.48. The highest BCUT2D eigenvalue weighted by Gasteiger charge is 2.50. The van der Waals surface area contributed by atoms with Gasteiger partial charge in [-0.15, -0.1) is 0 Å². The number of rotatable bonds is 4. The van der Waals surface area contributed by atoms with Crippen molar-refractivity contribution in [3.05, 3.63) is 88.3 Å². The van der Waals surface area contributed by atoms with Gasteiger partial charge in [0.2, 0.25) is 0 Å². The first-order valence-electron chi connectivity index (χ1n) is 11.3. The predicted octanol–water partition coefficient (Wildman–Crippen LogP) is 4.61. The van der Waals surface area contributed by atoms with Gasteiger partial charge in [-0.25, -0.2) is 13.8 Å². The Morgan fingerprint density at radius 1 is 1.26 bits per heavy atom. The molecule has 9 heteroatoms. The summed E-state index contributed by atoms with van der Waals surface area (Å²) < 4.78 is 39.0. The van der Waals surface area contributed by atoms with Crippen LogP contribution in [0.15, 0.2) is 55.0 Å². The van der Waals surface area contributed by atoms with Crippen LogP contribution in [0.3, 0.4) is 0 Å². The number of hydrogen-bond donors (Lipinski definition) is 2. The lowest BCUT2D eigenvalue weighted by Gasteiger charge is -2.35. The Hall–Kier alpha value is -3.49. The molecule has 4 heterocycles. The third-order valence-electron chi connectivity index (χ3n) is 7.04. The molecule has 35 heavy (non-hydrogen) atoms. The zero-order valence-corrected chi connectivity index (χ0v) is 19.3. The minimum absolute atomic E-state index is 0.0234. The quantitative estimate of drug-likeness (QED) is 0.434. The molecule has 178 valence electrons. The summed E-state index contributed by atoms with van der Waals surface area (Å²) in [6, 6.07) is 10.9. The van der Waals surface area contributed by atoms with Gasteiger partial charge >= 0.3 is 0 Å². The van der Waals surface area contributed by atoms with Gasteiger partial charge in [-0.3, -0.25) is 4.79 Å². The van der Waals surface area contributed by atoms with E-state index in [2.05, 4.69) is 10.3 Å². The molecule has 4 aromatic rings. The average molecular weight is 495 g/mol. The lowest BCUT2D eigenvalue weighted by atomic mass is 9.80. The molecule has 0 bridgehead atoms. The van der Waals surface area contributed by atoms with Gasteiger partial charge in [-0.2, -0.15) is 0 Å². The van der Waals surface area contributed by atoms with Crippen molar-refractivity contribution in [3.8, 4) is 16.9 Å². The molecule has 0 radical (unpaired) electrons. The van der Waals surface area contributed by atoms with Crippen molar-refractivity contribution >= 4 is 23.2 Å². The monoisotopic (exact) mass is 494 g/mol. The molecular formula is C26H21ClF2N4O2. The Kier molecular flexibility index (Phi) is 5.05. The van der Waals surface area contributed by atoms with Crippen LogP contribution in [0.25, 0.3) is 16.8 Å². The summed E-state index contributed by atoms with van der Waals surface area (Å²) in [6.07, 6.45) is 6.42. The molecule has 0 saturated carbocycles. The van der Waals surface area contributed by atoms with Crippen LogP contribution in [0.4, 0.5) is 8.78 Å². The second-order valence-corrected chi connectivity index (χ2v) is 9.34. The minimum Gasteiger partial charge on any atom is -0.480 e. The number of ether oxygens (including phenoxy) is 1. The molecular weight excluding hydrogens is 474 g/mol. The zero-order chi connectivity index (χ0) is 24.3. The molecule has 2 aromatic carbocycles. The van der Waals surface area contributed by atoms with Crippen LogP contribution in [0.1, 0.15) is 34.3 Å². The maximum Gasteiger partial charge on any atom is 0.250 e. The molecule has 1 amide bonds. The molecule has 0 aliphatic carbocycles. The maximum atomic E-state index is 15.9. The topological polar surface area (TPSA) is 81.7 Å². The number of nitrogens with zero attached hydrogens (tertiary/aromatic N) is 2. The molecule has 1 fully saturated rings. The number of nitrogens with one attached hydrogen (secondary N) is 1. The van der Waals surface area contributed by atoms with E-state index in [-0.39, 0.29) is 39.2 Å². The van der Waals surface area contributed by atoms with E-state index in [1.54, 1.807) is 0 Å². The van der Waals surface area contributed by atoms with E-state index in [9.17, 15) is 4.79 Å². The van der Waals surface area contributed by atoms with Crippen molar-refractivity contribution in [2.45, 2.75) is 30.9 Å². The van der Waals surface area contributed by atoms with Crippen molar-refractivity contribution < 1.29 is 18.3 Å². The number of halogens is 3. The molecule has 6 nitrogen and oxygen atoms in total. The third kappa shape index (κ3) is 3.24. The Morgan fingerprint density at radius 2 is 2.06 bits per heavy atom. The van der Waals surface area contributed by atoms with Gasteiger partial charge in [0, 0.05) is 47.8 Å². The zero-order valence-electron chi connectivity index (χ0n) is 18.5. The van der Waals surface area contributed by atoms with Gasteiger partial charge in [0.25, 0.3) is 5.91 Å². The Morgan fingerprint density at radius 3 is 2.77 bits per heavy atom. The number of primary amides is 1. The van der Waals surface area contributed by atoms with Gasteiger partial charge in [0.05, 0.1) is 16.6 Å². The number of benzene rings is 2. The summed E-state index contributed by atoms with van der Waals surface area (Å²) in [5, 5.41) is 3.21. The summed E-state index contributed by atoms with van der Waals surface area (Å²) >= 11 is 6.49. The fourth-order valence-corrected chi connectivity index (χ4v) is 5.74. The van der Waals surface area contributed by atoms with Gasteiger partial charge < -0.3 is 20.2 Å². The highest BCUT2D eigenvalue weighted by atomic mass is 35.5. The van der Waals surface area contributed by atoms with Crippen LogP contribution < -0.4 is 15.8 Å². The molecule has 2 unspecified atom stereocenters. The van der Waals surface area contributed by atoms with Crippen molar-refractivity contribution in [2.24, 2.45) is 5.73 Å². The van der Waals surface area contributed by atoms with E-state index < -0.39 is 23.1 Å². The summed E-state index contributed by atoms with van der Waals surface area (Å²) in [5.41, 5.74) is 5.96. The van der Waals surface area contributed by atoms with Crippen molar-refractivity contribution in [1.29, 1.82) is 0 Å². The van der Waals surface area contributed by atoms with E-state index >= 15 is 8.78 Å². The first-order valence-corrected chi connectivity index (χ1v) is 11.7. The van der Waals surface area contributed by atoms with Crippen LogP contribution in [0.5, 0.6) is 5.75 Å². The highest BCUT2D eigenvalue weighted by Crippen LogP contribution is 2.52. The second kappa shape index (κ2) is 8.03. The summed E-state index contributed by atoms with van der Waals surface area (Å²) in [4.78, 5) is 16.5. The van der Waals surface area contributed by atoms with Crippen molar-refractivity contribution in [1.82, 2.24) is 14.7 Å². The van der Waals surface area contributed by atoms with E-state index in [0.717, 1.165) is 24.9 Å². The molecule has 2 aromatic heterocycles.